The minimum absolute atomic E-state index is 0.0551. The summed E-state index contributed by atoms with van der Waals surface area (Å²) in [6.07, 6.45) is -5.48. The van der Waals surface area contributed by atoms with Crippen molar-refractivity contribution in [3.63, 3.8) is 0 Å². The summed E-state index contributed by atoms with van der Waals surface area (Å²) in [5.74, 6) is -2.70. The summed E-state index contributed by atoms with van der Waals surface area (Å²) < 4.78 is 52.0. The summed E-state index contributed by atoms with van der Waals surface area (Å²) in [6, 6.07) is 4.16. The first kappa shape index (κ1) is 27.3. The van der Waals surface area contributed by atoms with Gasteiger partial charge in [-0.25, -0.2) is 4.39 Å². The molecular weight excluding hydrogens is 432 g/mol. The van der Waals surface area contributed by atoms with E-state index in [2.05, 4.69) is 10.6 Å². The summed E-state index contributed by atoms with van der Waals surface area (Å²) in [6.45, 7) is 4.19. The quantitative estimate of drug-likeness (QED) is 0.398. The molecule has 0 aliphatic heterocycles. The van der Waals surface area contributed by atoms with Crippen molar-refractivity contribution in [3.05, 3.63) is 35.6 Å². The molecule has 1 aromatic carbocycles. The largest absolute Gasteiger partial charge is 0.411 e. The summed E-state index contributed by atoms with van der Waals surface area (Å²) in [7, 11) is 0. The molecule has 2 rings (SSSR count). The number of halogens is 4. The fourth-order valence-electron chi connectivity index (χ4n) is 2.81. The number of nitrogens with one attached hydrogen (secondary N) is 3. The van der Waals surface area contributed by atoms with E-state index in [0.717, 1.165) is 0 Å². The van der Waals surface area contributed by atoms with Gasteiger partial charge in [-0.2, -0.15) is 13.2 Å². The van der Waals surface area contributed by atoms with Crippen molar-refractivity contribution in [2.75, 3.05) is 13.1 Å². The first-order chi connectivity index (χ1) is 15.1. The van der Waals surface area contributed by atoms with Gasteiger partial charge in [0, 0.05) is 19.5 Å². The number of amides is 3. The fraction of sp³-hybridized carbons (Fsp3) is 0.571. The van der Waals surface area contributed by atoms with Gasteiger partial charge in [-0.1, -0.05) is 26.0 Å². The van der Waals surface area contributed by atoms with Crippen LogP contribution in [0.4, 0.5) is 17.6 Å². The number of rotatable bonds is 10. The summed E-state index contributed by atoms with van der Waals surface area (Å²) in [5.41, 5.74) is 3.74. The highest BCUT2D eigenvalue weighted by molar-refractivity contribution is 5.92. The Morgan fingerprint density at radius 3 is 2.19 bits per heavy atom. The van der Waals surface area contributed by atoms with E-state index >= 15 is 0 Å². The number of benzene rings is 1. The molecule has 11 heteroatoms. The molecule has 0 radical (unpaired) electrons. The van der Waals surface area contributed by atoms with Gasteiger partial charge in [-0.3, -0.25) is 14.4 Å². The smallest absolute Gasteiger partial charge is 0.353 e. The lowest BCUT2D eigenvalue weighted by molar-refractivity contribution is -0.170. The third kappa shape index (κ3) is 8.45. The molecule has 0 heterocycles. The molecule has 0 saturated heterocycles. The van der Waals surface area contributed by atoms with E-state index < -0.39 is 47.7 Å². The number of alkyl halides is 3. The second-order valence-electron chi connectivity index (χ2n) is 7.16. The highest BCUT2D eigenvalue weighted by Crippen LogP contribution is 2.48. The van der Waals surface area contributed by atoms with Crippen LogP contribution in [-0.4, -0.2) is 48.6 Å². The van der Waals surface area contributed by atoms with Gasteiger partial charge >= 0.3 is 6.18 Å². The van der Waals surface area contributed by atoms with Gasteiger partial charge < -0.3 is 21.7 Å². The zero-order chi connectivity index (χ0) is 24.4. The van der Waals surface area contributed by atoms with Crippen LogP contribution in [-0.2, 0) is 20.8 Å². The van der Waals surface area contributed by atoms with Crippen molar-refractivity contribution in [1.82, 2.24) is 16.0 Å². The zero-order valence-corrected chi connectivity index (χ0v) is 18.2. The van der Waals surface area contributed by atoms with Gasteiger partial charge in [0.15, 0.2) is 0 Å². The number of hydrogen-bond donors (Lipinski definition) is 4. The van der Waals surface area contributed by atoms with Gasteiger partial charge in [-0.15, -0.1) is 0 Å². The van der Waals surface area contributed by atoms with Crippen LogP contribution in [0.5, 0.6) is 0 Å². The number of carbonyl (C=O) groups excluding carboxylic acids is 3. The normalized spacial score (nSPS) is 15.0. The maximum atomic E-state index is 13.0. The van der Waals surface area contributed by atoms with E-state index in [4.69, 9.17) is 5.73 Å². The monoisotopic (exact) mass is 462 g/mol. The minimum Gasteiger partial charge on any atom is -0.353 e. The Bertz CT molecular complexity index is 765. The lowest BCUT2D eigenvalue weighted by Gasteiger charge is -2.23. The van der Waals surface area contributed by atoms with Crippen LogP contribution >= 0.6 is 0 Å². The molecule has 32 heavy (non-hydrogen) atoms. The van der Waals surface area contributed by atoms with E-state index in [1.54, 1.807) is 0 Å². The van der Waals surface area contributed by atoms with Crippen molar-refractivity contribution >= 4 is 17.7 Å². The van der Waals surface area contributed by atoms with Crippen molar-refractivity contribution in [2.45, 2.75) is 63.7 Å². The summed E-state index contributed by atoms with van der Waals surface area (Å²) >= 11 is 0. The molecule has 1 saturated carbocycles. The molecule has 1 aromatic rings. The van der Waals surface area contributed by atoms with Gasteiger partial charge in [0.1, 0.15) is 17.4 Å². The molecule has 0 bridgehead atoms. The van der Waals surface area contributed by atoms with Crippen LogP contribution in [0.3, 0.4) is 0 Å². The molecule has 5 N–H and O–H groups in total. The molecule has 1 atom stereocenters. The Labute approximate surface area is 184 Å². The standard InChI is InChI=1S/C19H24F4N4O3.C2H6/c20-13-4-1-12(2-5-13)3-6-15(28)26-14(17(30)25-10-9-24)11-16(29)27-18(7-8-18)19(21,22)23;1-2/h1-2,4-5,14H,3,6-11,24H2,(H,25,30)(H,26,28)(H,27,29);1-2H3. The number of hydrogen-bond acceptors (Lipinski definition) is 4. The van der Waals surface area contributed by atoms with Crippen molar-refractivity contribution in [3.8, 4) is 0 Å². The average molecular weight is 462 g/mol. The Morgan fingerprint density at radius 1 is 1.09 bits per heavy atom. The van der Waals surface area contributed by atoms with E-state index in [1.165, 1.54) is 24.3 Å². The highest BCUT2D eigenvalue weighted by Gasteiger charge is 2.64. The lowest BCUT2D eigenvalue weighted by atomic mass is 10.1. The number of aryl methyl sites for hydroxylation is 1. The SMILES string of the molecule is CC.NCCNC(=O)C(CC(=O)NC1(C(F)(F)F)CC1)NC(=O)CCc1ccc(F)cc1. The first-order valence-electron chi connectivity index (χ1n) is 10.5. The predicted octanol–water partition coefficient (Wildman–Crippen LogP) is 1.95. The lowest BCUT2D eigenvalue weighted by Crippen LogP contribution is -2.53. The van der Waals surface area contributed by atoms with E-state index in [1.807, 2.05) is 19.2 Å². The van der Waals surface area contributed by atoms with Crippen molar-refractivity contribution in [2.24, 2.45) is 5.73 Å². The molecule has 1 aliphatic rings. The fourth-order valence-corrected chi connectivity index (χ4v) is 2.81. The Kier molecular flexibility index (Phi) is 10.6. The maximum absolute atomic E-state index is 13.0. The molecule has 0 aromatic heterocycles. The first-order valence-corrected chi connectivity index (χ1v) is 10.5. The molecule has 1 fully saturated rings. The molecule has 180 valence electrons. The topological polar surface area (TPSA) is 113 Å². The highest BCUT2D eigenvalue weighted by atomic mass is 19.4. The molecule has 1 unspecified atom stereocenters. The van der Waals surface area contributed by atoms with Gasteiger partial charge in [-0.05, 0) is 37.0 Å². The number of carbonyl (C=O) groups is 3. The van der Waals surface area contributed by atoms with Crippen LogP contribution in [0.1, 0.15) is 45.1 Å². The van der Waals surface area contributed by atoms with Crippen LogP contribution in [0, 0.1) is 5.82 Å². The van der Waals surface area contributed by atoms with Crippen LogP contribution in [0.15, 0.2) is 24.3 Å². The molecule has 1 aliphatic carbocycles. The van der Waals surface area contributed by atoms with Crippen LogP contribution in [0.2, 0.25) is 0 Å². The predicted molar refractivity (Wildman–Crippen MR) is 111 cm³/mol. The van der Waals surface area contributed by atoms with Gasteiger partial charge in [0.05, 0.1) is 6.42 Å². The van der Waals surface area contributed by atoms with Crippen molar-refractivity contribution < 1.29 is 31.9 Å². The van der Waals surface area contributed by atoms with E-state index in [-0.39, 0.29) is 38.8 Å². The third-order valence-corrected chi connectivity index (χ3v) is 4.71. The van der Waals surface area contributed by atoms with Crippen molar-refractivity contribution in [1.29, 1.82) is 0 Å². The average Bonchev–Trinajstić information content (AvgIpc) is 3.53. The third-order valence-electron chi connectivity index (χ3n) is 4.71. The molecule has 3 amide bonds. The Balaban J connectivity index is 0.00000249. The van der Waals surface area contributed by atoms with Gasteiger partial charge in [0.25, 0.3) is 0 Å². The Morgan fingerprint density at radius 2 is 1.69 bits per heavy atom. The number of nitrogens with two attached hydrogens (primary N) is 1. The van der Waals surface area contributed by atoms with Gasteiger partial charge in [0.2, 0.25) is 17.7 Å². The summed E-state index contributed by atoms with van der Waals surface area (Å²) in [4.78, 5) is 36.6. The van der Waals surface area contributed by atoms with E-state index in [9.17, 15) is 31.9 Å². The van der Waals surface area contributed by atoms with Crippen LogP contribution < -0.4 is 21.7 Å². The molecule has 7 nitrogen and oxygen atoms in total. The second-order valence-corrected chi connectivity index (χ2v) is 7.16. The molecular formula is C21H30F4N4O3. The zero-order valence-electron chi connectivity index (χ0n) is 18.2. The second kappa shape index (κ2) is 12.4. The van der Waals surface area contributed by atoms with Crippen LogP contribution in [0.25, 0.3) is 0 Å². The minimum atomic E-state index is -4.58. The van der Waals surface area contributed by atoms with E-state index in [0.29, 0.717) is 5.56 Å². The molecule has 0 spiro atoms. The maximum Gasteiger partial charge on any atom is 0.411 e. The summed E-state index contributed by atoms with van der Waals surface area (Å²) in [5, 5.41) is 6.71. The Hall–Kier alpha value is -2.69.